The second-order valence-corrected chi connectivity index (χ2v) is 9.16. The molecule has 4 aliphatic rings. The fourth-order valence-electron chi connectivity index (χ4n) is 6.19. The predicted octanol–water partition coefficient (Wildman–Crippen LogP) is 4.27. The van der Waals surface area contributed by atoms with Crippen LogP contribution in [0.4, 0.5) is 0 Å². The molecule has 0 unspecified atom stereocenters. The molecule has 1 heterocycles. The van der Waals surface area contributed by atoms with E-state index in [-0.39, 0.29) is 18.1 Å². The Bertz CT molecular complexity index is 884. The quantitative estimate of drug-likeness (QED) is 0.789. The molecule has 4 bridgehead atoms. The molecular formula is C23H28N2O4. The first kappa shape index (κ1) is 18.5. The Morgan fingerprint density at radius 3 is 2.38 bits per heavy atom. The predicted molar refractivity (Wildman–Crippen MR) is 107 cm³/mol. The Balaban J connectivity index is 1.32. The van der Waals surface area contributed by atoms with Crippen molar-refractivity contribution in [2.45, 2.75) is 57.6 Å². The van der Waals surface area contributed by atoms with Crippen LogP contribution >= 0.6 is 0 Å². The van der Waals surface area contributed by atoms with Crippen LogP contribution in [0.5, 0.6) is 11.5 Å². The first-order chi connectivity index (χ1) is 14.0. The molecule has 0 radical (unpaired) electrons. The van der Waals surface area contributed by atoms with Gasteiger partial charge in [-0.2, -0.15) is 0 Å². The lowest BCUT2D eigenvalue weighted by molar-refractivity contribution is -0.0168. The molecule has 1 N–H and O–H groups in total. The number of benzene rings is 1. The molecule has 1 aromatic heterocycles. The average molecular weight is 396 g/mol. The summed E-state index contributed by atoms with van der Waals surface area (Å²) in [5.41, 5.74) is 0.978. The summed E-state index contributed by atoms with van der Waals surface area (Å²) in [6, 6.07) is 7.47. The minimum absolute atomic E-state index is 0.0561. The number of rotatable bonds is 6. The van der Waals surface area contributed by atoms with Gasteiger partial charge in [0.2, 0.25) is 0 Å². The first-order valence-corrected chi connectivity index (χ1v) is 10.6. The summed E-state index contributed by atoms with van der Waals surface area (Å²) in [6.45, 7) is 2.02. The fourth-order valence-corrected chi connectivity index (χ4v) is 6.19. The van der Waals surface area contributed by atoms with E-state index >= 15 is 0 Å². The van der Waals surface area contributed by atoms with E-state index in [4.69, 9.17) is 14.0 Å². The highest BCUT2D eigenvalue weighted by Crippen LogP contribution is 2.55. The molecule has 1 amide bonds. The normalized spacial score (nSPS) is 29.7. The molecule has 0 spiro atoms. The maximum atomic E-state index is 13.2. The molecule has 0 atom stereocenters. The smallest absolute Gasteiger partial charge is 0.274 e. The van der Waals surface area contributed by atoms with E-state index in [1.54, 1.807) is 7.11 Å². The van der Waals surface area contributed by atoms with Crippen molar-refractivity contribution in [3.63, 3.8) is 0 Å². The molecule has 2 aromatic rings. The van der Waals surface area contributed by atoms with Gasteiger partial charge in [-0.1, -0.05) is 17.3 Å². The maximum Gasteiger partial charge on any atom is 0.274 e. The van der Waals surface area contributed by atoms with Gasteiger partial charge in [0.05, 0.1) is 12.7 Å². The van der Waals surface area contributed by atoms with E-state index < -0.39 is 0 Å². The number of carbonyl (C=O) groups is 1. The van der Waals surface area contributed by atoms with Gasteiger partial charge in [0.15, 0.2) is 17.2 Å². The van der Waals surface area contributed by atoms with Crippen LogP contribution in [0.1, 0.15) is 60.3 Å². The number of amides is 1. The number of aromatic nitrogens is 1. The number of nitrogens with zero attached hydrogens (tertiary/aromatic N) is 1. The number of nitrogens with one attached hydrogen (secondary N) is 1. The molecule has 6 heteroatoms. The van der Waals surface area contributed by atoms with Crippen molar-refractivity contribution in [2.75, 3.05) is 7.11 Å². The zero-order valence-corrected chi connectivity index (χ0v) is 17.1. The summed E-state index contributed by atoms with van der Waals surface area (Å²) in [5.74, 6) is 4.07. The largest absolute Gasteiger partial charge is 0.493 e. The Kier molecular flexibility index (Phi) is 4.52. The number of hydrogen-bond acceptors (Lipinski definition) is 5. The number of methoxy groups -OCH3 is 1. The van der Waals surface area contributed by atoms with Crippen molar-refractivity contribution in [3.05, 3.63) is 41.3 Å². The molecule has 4 saturated carbocycles. The van der Waals surface area contributed by atoms with E-state index in [1.807, 2.05) is 31.2 Å². The molecule has 4 aliphatic carbocycles. The maximum absolute atomic E-state index is 13.2. The fraction of sp³-hybridized carbons (Fsp3) is 0.565. The van der Waals surface area contributed by atoms with E-state index in [9.17, 15) is 4.79 Å². The third-order valence-corrected chi connectivity index (χ3v) is 7.06. The molecular weight excluding hydrogens is 368 g/mol. The Morgan fingerprint density at radius 2 is 1.76 bits per heavy atom. The van der Waals surface area contributed by atoms with Gasteiger partial charge in [-0.3, -0.25) is 4.79 Å². The zero-order valence-electron chi connectivity index (χ0n) is 17.1. The number of carbonyl (C=O) groups excluding carboxylic acids is 1. The van der Waals surface area contributed by atoms with Crippen molar-refractivity contribution in [2.24, 2.45) is 17.8 Å². The van der Waals surface area contributed by atoms with Crippen molar-refractivity contribution in [1.82, 2.24) is 10.5 Å². The van der Waals surface area contributed by atoms with E-state index in [2.05, 4.69) is 10.5 Å². The molecule has 0 saturated heterocycles. The summed E-state index contributed by atoms with van der Waals surface area (Å²) in [7, 11) is 1.61. The van der Waals surface area contributed by atoms with Crippen molar-refractivity contribution in [1.29, 1.82) is 0 Å². The second kappa shape index (κ2) is 7.08. The van der Waals surface area contributed by atoms with E-state index in [0.717, 1.165) is 37.0 Å². The van der Waals surface area contributed by atoms with Crippen LogP contribution in [0.25, 0.3) is 0 Å². The Morgan fingerprint density at radius 1 is 1.14 bits per heavy atom. The van der Waals surface area contributed by atoms with Crippen LogP contribution in [-0.4, -0.2) is 23.7 Å². The van der Waals surface area contributed by atoms with Crippen LogP contribution in [-0.2, 0) is 6.61 Å². The highest BCUT2D eigenvalue weighted by molar-refractivity contribution is 5.94. The third-order valence-electron chi connectivity index (χ3n) is 7.06. The molecule has 6 nitrogen and oxygen atoms in total. The van der Waals surface area contributed by atoms with Gasteiger partial charge in [-0.05, 0) is 75.3 Å². The van der Waals surface area contributed by atoms with E-state index in [1.165, 1.54) is 19.3 Å². The topological polar surface area (TPSA) is 73.6 Å². The van der Waals surface area contributed by atoms with Gasteiger partial charge >= 0.3 is 0 Å². The van der Waals surface area contributed by atoms with Gasteiger partial charge < -0.3 is 19.3 Å². The van der Waals surface area contributed by atoms with Gasteiger partial charge in [0.1, 0.15) is 12.4 Å². The molecule has 1 aromatic carbocycles. The van der Waals surface area contributed by atoms with Gasteiger partial charge in [0.25, 0.3) is 5.91 Å². The van der Waals surface area contributed by atoms with Gasteiger partial charge in [-0.25, -0.2) is 0 Å². The highest BCUT2D eigenvalue weighted by atomic mass is 16.5. The second-order valence-electron chi connectivity index (χ2n) is 9.16. The minimum atomic E-state index is -0.137. The summed E-state index contributed by atoms with van der Waals surface area (Å²) in [4.78, 5) is 13.2. The van der Waals surface area contributed by atoms with Gasteiger partial charge in [-0.15, -0.1) is 0 Å². The SMILES string of the molecule is COc1ccccc1OCc1c(C(=O)NC23CC4CC(CC(C4)C2)C3)noc1C. The number of para-hydroxylation sites is 2. The number of aryl methyl sites for hydroxylation is 1. The summed E-state index contributed by atoms with van der Waals surface area (Å²) >= 11 is 0. The monoisotopic (exact) mass is 396 g/mol. The molecule has 6 rings (SSSR count). The lowest BCUT2D eigenvalue weighted by atomic mass is 9.53. The highest BCUT2D eigenvalue weighted by Gasteiger charge is 2.51. The Labute approximate surface area is 170 Å². The third kappa shape index (κ3) is 3.38. The van der Waals surface area contributed by atoms with Crippen molar-refractivity contribution in [3.8, 4) is 11.5 Å². The molecule has 29 heavy (non-hydrogen) atoms. The van der Waals surface area contributed by atoms with Crippen LogP contribution in [0.3, 0.4) is 0 Å². The van der Waals surface area contributed by atoms with Gasteiger partial charge in [0, 0.05) is 5.54 Å². The zero-order chi connectivity index (χ0) is 20.0. The number of hydrogen-bond donors (Lipinski definition) is 1. The van der Waals surface area contributed by atoms with Crippen LogP contribution in [0.15, 0.2) is 28.8 Å². The molecule has 154 valence electrons. The van der Waals surface area contributed by atoms with Crippen molar-refractivity contribution < 1.29 is 18.8 Å². The standard InChI is InChI=1S/C23H28N2O4/c1-14-18(13-28-20-6-4-3-5-19(20)27-2)21(25-29-14)22(26)24-23-10-15-7-16(11-23)9-17(8-15)12-23/h3-6,15-17H,7-13H2,1-2H3,(H,24,26). The molecule has 0 aliphatic heterocycles. The van der Waals surface area contributed by atoms with Crippen molar-refractivity contribution >= 4 is 5.91 Å². The van der Waals surface area contributed by atoms with E-state index in [0.29, 0.717) is 28.5 Å². The first-order valence-electron chi connectivity index (χ1n) is 10.6. The summed E-state index contributed by atoms with van der Waals surface area (Å²) in [6.07, 6.45) is 7.35. The summed E-state index contributed by atoms with van der Waals surface area (Å²) in [5, 5.41) is 7.44. The molecule has 4 fully saturated rings. The lowest BCUT2D eigenvalue weighted by Crippen LogP contribution is -2.60. The minimum Gasteiger partial charge on any atom is -0.493 e. The average Bonchev–Trinajstić information content (AvgIpc) is 3.05. The van der Waals surface area contributed by atoms with Crippen LogP contribution < -0.4 is 14.8 Å². The Hall–Kier alpha value is -2.50. The lowest BCUT2D eigenvalue weighted by Gasteiger charge is -2.56. The number of ether oxygens (including phenoxy) is 2. The van der Waals surface area contributed by atoms with Crippen LogP contribution in [0.2, 0.25) is 0 Å². The van der Waals surface area contributed by atoms with Crippen LogP contribution in [0, 0.1) is 24.7 Å². The summed E-state index contributed by atoms with van der Waals surface area (Å²) < 4.78 is 16.6.